The third-order valence-electron chi connectivity index (χ3n) is 4.84. The van der Waals surface area contributed by atoms with Crippen LogP contribution < -0.4 is 10.6 Å². The van der Waals surface area contributed by atoms with Crippen molar-refractivity contribution in [2.75, 3.05) is 0 Å². The Morgan fingerprint density at radius 1 is 1.29 bits per heavy atom. The molecule has 6 heteroatoms. The molecule has 2 N–H and O–H groups in total. The van der Waals surface area contributed by atoms with Crippen LogP contribution in [0.2, 0.25) is 5.02 Å². The van der Waals surface area contributed by atoms with E-state index in [0.29, 0.717) is 29.6 Å². The summed E-state index contributed by atoms with van der Waals surface area (Å²) in [6, 6.07) is 9.13. The zero-order chi connectivity index (χ0) is 16.5. The Morgan fingerprint density at radius 3 is 2.79 bits per heavy atom. The van der Waals surface area contributed by atoms with Crippen LogP contribution in [0, 0.1) is 0 Å². The topological polar surface area (TPSA) is 54.0 Å². The number of fused-ring (bicyclic) bond motifs is 2. The molecule has 0 radical (unpaired) electrons. The number of piperidine rings is 1. The van der Waals surface area contributed by atoms with Crippen molar-refractivity contribution >= 4 is 28.8 Å². The average molecular weight is 362 g/mol. The standard InChI is InChI=1S/C18H20ClN3OS/c19-16-4-2-1-3-15(16)18-22-14(10-24-18)9-17(23)21-13-7-11-5-6-12(8-13)20-11/h1-4,10-13,20H,5-9H2,(H,21,23). The second-order valence-electron chi connectivity index (χ2n) is 6.67. The summed E-state index contributed by atoms with van der Waals surface area (Å²) in [6.07, 6.45) is 4.91. The summed E-state index contributed by atoms with van der Waals surface area (Å²) >= 11 is 7.75. The molecular formula is C18H20ClN3OS. The van der Waals surface area contributed by atoms with E-state index in [4.69, 9.17) is 11.6 Å². The number of nitrogens with one attached hydrogen (secondary N) is 2. The summed E-state index contributed by atoms with van der Waals surface area (Å²) in [6.45, 7) is 0. The number of halogens is 1. The molecular weight excluding hydrogens is 342 g/mol. The first-order chi connectivity index (χ1) is 11.7. The number of carbonyl (C=O) groups is 1. The minimum Gasteiger partial charge on any atom is -0.353 e. The Kier molecular flexibility index (Phi) is 4.57. The summed E-state index contributed by atoms with van der Waals surface area (Å²) in [5.74, 6) is 0.0670. The van der Waals surface area contributed by atoms with Crippen molar-refractivity contribution < 1.29 is 4.79 Å². The molecule has 2 saturated heterocycles. The van der Waals surface area contributed by atoms with Gasteiger partial charge in [0.05, 0.1) is 17.1 Å². The van der Waals surface area contributed by atoms with E-state index in [1.54, 1.807) is 0 Å². The van der Waals surface area contributed by atoms with Crippen LogP contribution in [0.1, 0.15) is 31.4 Å². The SMILES string of the molecule is O=C(Cc1csc(-c2ccccc2Cl)n1)NC1CC2CCC(C1)N2. The highest BCUT2D eigenvalue weighted by Gasteiger charge is 2.33. The third kappa shape index (κ3) is 3.48. The van der Waals surface area contributed by atoms with Gasteiger partial charge >= 0.3 is 0 Å². The predicted molar refractivity (Wildman–Crippen MR) is 97.4 cm³/mol. The number of thiazole rings is 1. The van der Waals surface area contributed by atoms with Crippen molar-refractivity contribution in [3.05, 3.63) is 40.4 Å². The van der Waals surface area contributed by atoms with Gasteiger partial charge in [-0.2, -0.15) is 0 Å². The number of carbonyl (C=O) groups excluding carboxylic acids is 1. The molecule has 2 aromatic rings. The third-order valence-corrected chi connectivity index (χ3v) is 6.09. The van der Waals surface area contributed by atoms with Gasteiger partial charge in [0.25, 0.3) is 0 Å². The summed E-state index contributed by atoms with van der Waals surface area (Å²) < 4.78 is 0. The molecule has 2 aliphatic rings. The lowest BCUT2D eigenvalue weighted by molar-refractivity contribution is -0.121. The monoisotopic (exact) mass is 361 g/mol. The summed E-state index contributed by atoms with van der Waals surface area (Å²) in [4.78, 5) is 16.9. The van der Waals surface area contributed by atoms with Crippen LogP contribution >= 0.6 is 22.9 Å². The van der Waals surface area contributed by atoms with Crippen LogP contribution in [0.3, 0.4) is 0 Å². The van der Waals surface area contributed by atoms with Crippen molar-refractivity contribution in [3.63, 3.8) is 0 Å². The molecule has 0 saturated carbocycles. The summed E-state index contributed by atoms with van der Waals surface area (Å²) in [5, 5.41) is 10.3. The largest absolute Gasteiger partial charge is 0.353 e. The summed E-state index contributed by atoms with van der Waals surface area (Å²) in [7, 11) is 0. The van der Waals surface area contributed by atoms with E-state index < -0.39 is 0 Å². The molecule has 2 atom stereocenters. The quantitative estimate of drug-likeness (QED) is 0.877. The Morgan fingerprint density at radius 2 is 2.04 bits per heavy atom. The number of rotatable bonds is 4. The highest BCUT2D eigenvalue weighted by Crippen LogP contribution is 2.30. The lowest BCUT2D eigenvalue weighted by atomic mass is 9.99. The fourth-order valence-electron chi connectivity index (χ4n) is 3.76. The highest BCUT2D eigenvalue weighted by atomic mass is 35.5. The number of aromatic nitrogens is 1. The van der Waals surface area contributed by atoms with Crippen LogP contribution in [0.15, 0.2) is 29.6 Å². The van der Waals surface area contributed by atoms with Gasteiger partial charge in [-0.05, 0) is 31.7 Å². The fourth-order valence-corrected chi connectivity index (χ4v) is 4.90. The van der Waals surface area contributed by atoms with Crippen LogP contribution in [0.4, 0.5) is 0 Å². The van der Waals surface area contributed by atoms with Gasteiger partial charge in [0, 0.05) is 29.1 Å². The zero-order valence-corrected chi connectivity index (χ0v) is 14.9. The van der Waals surface area contributed by atoms with Gasteiger partial charge in [0.15, 0.2) is 0 Å². The van der Waals surface area contributed by atoms with Crippen LogP contribution in [-0.4, -0.2) is 29.0 Å². The maximum atomic E-state index is 12.3. The molecule has 0 spiro atoms. The molecule has 2 unspecified atom stereocenters. The van der Waals surface area contributed by atoms with E-state index in [1.165, 1.54) is 24.2 Å². The van der Waals surface area contributed by atoms with Crippen LogP contribution in [-0.2, 0) is 11.2 Å². The van der Waals surface area contributed by atoms with E-state index in [9.17, 15) is 4.79 Å². The normalized spacial score (nSPS) is 25.6. The molecule has 4 nitrogen and oxygen atoms in total. The number of amides is 1. The Balaban J connectivity index is 1.37. The van der Waals surface area contributed by atoms with Gasteiger partial charge < -0.3 is 10.6 Å². The first-order valence-corrected chi connectivity index (χ1v) is 9.68. The van der Waals surface area contributed by atoms with Crippen molar-refractivity contribution in [2.45, 2.75) is 50.2 Å². The molecule has 2 fully saturated rings. The number of hydrogen-bond acceptors (Lipinski definition) is 4. The lowest BCUT2D eigenvalue weighted by Gasteiger charge is -2.29. The number of hydrogen-bond donors (Lipinski definition) is 2. The van der Waals surface area contributed by atoms with Crippen LogP contribution in [0.25, 0.3) is 10.6 Å². The maximum absolute atomic E-state index is 12.3. The van der Waals surface area contributed by atoms with E-state index in [0.717, 1.165) is 29.1 Å². The molecule has 24 heavy (non-hydrogen) atoms. The molecule has 126 valence electrons. The Hall–Kier alpha value is -1.43. The molecule has 1 aromatic heterocycles. The van der Waals surface area contributed by atoms with Crippen LogP contribution in [0.5, 0.6) is 0 Å². The maximum Gasteiger partial charge on any atom is 0.226 e. The second kappa shape index (κ2) is 6.82. The van der Waals surface area contributed by atoms with Crippen molar-refractivity contribution in [3.8, 4) is 10.6 Å². The van der Waals surface area contributed by atoms with Gasteiger partial charge in [0.2, 0.25) is 5.91 Å². The first kappa shape index (κ1) is 16.1. The second-order valence-corrected chi connectivity index (χ2v) is 7.94. The van der Waals surface area contributed by atoms with Gasteiger partial charge in [-0.3, -0.25) is 4.79 Å². The molecule has 1 amide bonds. The predicted octanol–water partition coefficient (Wildman–Crippen LogP) is 3.41. The minimum absolute atomic E-state index is 0.0670. The molecule has 3 heterocycles. The van der Waals surface area contributed by atoms with Gasteiger partial charge in [0.1, 0.15) is 5.01 Å². The molecule has 1 aromatic carbocycles. The smallest absolute Gasteiger partial charge is 0.226 e. The average Bonchev–Trinajstić information content (AvgIpc) is 3.14. The molecule has 4 rings (SSSR count). The Labute approximate surface area is 150 Å². The van der Waals surface area contributed by atoms with E-state index in [2.05, 4.69) is 15.6 Å². The van der Waals surface area contributed by atoms with E-state index in [-0.39, 0.29) is 5.91 Å². The van der Waals surface area contributed by atoms with Gasteiger partial charge in [-0.1, -0.05) is 29.8 Å². The van der Waals surface area contributed by atoms with Crippen molar-refractivity contribution in [1.29, 1.82) is 0 Å². The van der Waals surface area contributed by atoms with Crippen molar-refractivity contribution in [2.24, 2.45) is 0 Å². The lowest BCUT2D eigenvalue weighted by Crippen LogP contribution is -2.48. The van der Waals surface area contributed by atoms with E-state index >= 15 is 0 Å². The molecule has 2 aliphatic heterocycles. The minimum atomic E-state index is 0.0670. The van der Waals surface area contributed by atoms with Gasteiger partial charge in [-0.25, -0.2) is 4.98 Å². The fraction of sp³-hybridized carbons (Fsp3) is 0.444. The first-order valence-electron chi connectivity index (χ1n) is 8.42. The van der Waals surface area contributed by atoms with Gasteiger partial charge in [-0.15, -0.1) is 11.3 Å². The highest BCUT2D eigenvalue weighted by molar-refractivity contribution is 7.13. The van der Waals surface area contributed by atoms with E-state index in [1.807, 2.05) is 29.6 Å². The Bertz CT molecular complexity index is 735. The van der Waals surface area contributed by atoms with Crippen molar-refractivity contribution in [1.82, 2.24) is 15.6 Å². The molecule has 0 aliphatic carbocycles. The zero-order valence-electron chi connectivity index (χ0n) is 13.3. The number of benzene rings is 1. The number of nitrogens with zero attached hydrogens (tertiary/aromatic N) is 1. The molecule has 2 bridgehead atoms. The summed E-state index contributed by atoms with van der Waals surface area (Å²) in [5.41, 5.74) is 1.73.